The van der Waals surface area contributed by atoms with E-state index in [1.165, 1.54) is 6.07 Å². The normalized spacial score (nSPS) is 16.9. The molecule has 1 unspecified atom stereocenters. The van der Waals surface area contributed by atoms with Crippen molar-refractivity contribution in [1.29, 1.82) is 0 Å². The van der Waals surface area contributed by atoms with Crippen molar-refractivity contribution in [3.05, 3.63) is 34.1 Å². The topological polar surface area (TPSA) is 54.9 Å². The SMILES string of the molecule is CCNC(=NCCCc1ccc(Br)cc1F)NCCCOC1CCOC1.I. The van der Waals surface area contributed by atoms with Gasteiger partial charge in [-0.3, -0.25) is 4.99 Å². The zero-order valence-electron chi connectivity index (χ0n) is 15.8. The van der Waals surface area contributed by atoms with Crippen LogP contribution in [0.4, 0.5) is 4.39 Å². The maximum Gasteiger partial charge on any atom is 0.191 e. The first-order valence-corrected chi connectivity index (χ1v) is 10.1. The van der Waals surface area contributed by atoms with Gasteiger partial charge in [-0.2, -0.15) is 0 Å². The minimum Gasteiger partial charge on any atom is -0.379 e. The lowest BCUT2D eigenvalue weighted by Crippen LogP contribution is -2.38. The number of ether oxygens (including phenoxy) is 2. The van der Waals surface area contributed by atoms with E-state index in [0.29, 0.717) is 13.0 Å². The number of nitrogens with zero attached hydrogens (tertiary/aromatic N) is 1. The third-order valence-corrected chi connectivity index (χ3v) is 4.58. The van der Waals surface area contributed by atoms with Gasteiger partial charge in [0, 0.05) is 37.3 Å². The Bertz CT molecular complexity index is 572. The smallest absolute Gasteiger partial charge is 0.191 e. The molecule has 0 radical (unpaired) electrons. The zero-order chi connectivity index (χ0) is 18.6. The lowest BCUT2D eigenvalue weighted by Gasteiger charge is -2.13. The van der Waals surface area contributed by atoms with Crippen LogP contribution in [-0.2, 0) is 15.9 Å². The molecule has 2 rings (SSSR count). The van der Waals surface area contributed by atoms with Crippen molar-refractivity contribution < 1.29 is 13.9 Å². The van der Waals surface area contributed by atoms with Crippen molar-refractivity contribution in [1.82, 2.24) is 10.6 Å². The molecule has 154 valence electrons. The van der Waals surface area contributed by atoms with E-state index in [9.17, 15) is 4.39 Å². The Labute approximate surface area is 187 Å². The van der Waals surface area contributed by atoms with Crippen LogP contribution in [0.2, 0.25) is 0 Å². The minimum atomic E-state index is -0.166. The Kier molecular flexibility index (Phi) is 13.2. The van der Waals surface area contributed by atoms with Gasteiger partial charge in [-0.1, -0.05) is 22.0 Å². The van der Waals surface area contributed by atoms with Crippen LogP contribution in [0.25, 0.3) is 0 Å². The fourth-order valence-electron chi connectivity index (χ4n) is 2.70. The summed E-state index contributed by atoms with van der Waals surface area (Å²) in [4.78, 5) is 4.55. The van der Waals surface area contributed by atoms with Crippen molar-refractivity contribution in [3.8, 4) is 0 Å². The number of hydrogen-bond donors (Lipinski definition) is 2. The largest absolute Gasteiger partial charge is 0.379 e. The Hall–Kier alpha value is -0.450. The maximum atomic E-state index is 13.8. The second-order valence-electron chi connectivity index (χ2n) is 6.24. The molecule has 27 heavy (non-hydrogen) atoms. The number of hydrogen-bond acceptors (Lipinski definition) is 3. The highest BCUT2D eigenvalue weighted by molar-refractivity contribution is 14.0. The molecule has 0 amide bonds. The van der Waals surface area contributed by atoms with Crippen molar-refractivity contribution >= 4 is 45.9 Å². The summed E-state index contributed by atoms with van der Waals surface area (Å²) >= 11 is 3.28. The molecule has 5 nitrogen and oxygen atoms in total. The molecule has 1 aliphatic heterocycles. The third kappa shape index (κ3) is 10.0. The van der Waals surface area contributed by atoms with Gasteiger partial charge in [-0.25, -0.2) is 4.39 Å². The van der Waals surface area contributed by atoms with E-state index in [1.54, 1.807) is 0 Å². The minimum absolute atomic E-state index is 0. The van der Waals surface area contributed by atoms with E-state index in [0.717, 1.165) is 68.2 Å². The van der Waals surface area contributed by atoms with Crippen molar-refractivity contribution in [2.24, 2.45) is 4.99 Å². The van der Waals surface area contributed by atoms with Crippen molar-refractivity contribution in [3.63, 3.8) is 0 Å². The molecule has 0 aliphatic carbocycles. The average molecular weight is 558 g/mol. The second kappa shape index (κ2) is 14.5. The summed E-state index contributed by atoms with van der Waals surface area (Å²) in [6.07, 6.45) is 3.66. The molecule has 1 atom stereocenters. The molecular formula is C19H30BrFIN3O2. The first kappa shape index (κ1) is 24.6. The first-order valence-electron chi connectivity index (χ1n) is 9.34. The van der Waals surface area contributed by atoms with Gasteiger partial charge >= 0.3 is 0 Å². The third-order valence-electron chi connectivity index (χ3n) is 4.09. The van der Waals surface area contributed by atoms with Crippen LogP contribution in [0.3, 0.4) is 0 Å². The lowest BCUT2D eigenvalue weighted by atomic mass is 10.1. The van der Waals surface area contributed by atoms with Crippen LogP contribution < -0.4 is 10.6 Å². The van der Waals surface area contributed by atoms with E-state index in [2.05, 4.69) is 31.6 Å². The summed E-state index contributed by atoms with van der Waals surface area (Å²) in [5, 5.41) is 6.54. The summed E-state index contributed by atoms with van der Waals surface area (Å²) in [7, 11) is 0. The Morgan fingerprint density at radius 3 is 2.93 bits per heavy atom. The van der Waals surface area contributed by atoms with Crippen LogP contribution in [0.5, 0.6) is 0 Å². The zero-order valence-corrected chi connectivity index (χ0v) is 19.7. The Balaban J connectivity index is 0.00000364. The molecule has 2 N–H and O–H groups in total. The average Bonchev–Trinajstić information content (AvgIpc) is 3.13. The van der Waals surface area contributed by atoms with Crippen LogP contribution in [-0.4, -0.2) is 51.5 Å². The first-order chi connectivity index (χ1) is 12.7. The number of nitrogens with one attached hydrogen (secondary N) is 2. The predicted molar refractivity (Wildman–Crippen MR) is 122 cm³/mol. The molecule has 0 bridgehead atoms. The number of guanidine groups is 1. The predicted octanol–water partition coefficient (Wildman–Crippen LogP) is 3.89. The van der Waals surface area contributed by atoms with E-state index in [1.807, 2.05) is 19.1 Å². The summed E-state index contributed by atoms with van der Waals surface area (Å²) in [6, 6.07) is 5.19. The summed E-state index contributed by atoms with van der Waals surface area (Å²) < 4.78 is 25.6. The molecule has 1 fully saturated rings. The summed E-state index contributed by atoms with van der Waals surface area (Å²) in [6.45, 7) is 6.56. The molecule has 8 heteroatoms. The standard InChI is InChI=1S/C19H29BrFN3O2.HI/c1-2-22-19(24-10-4-11-26-17-8-12-25-14-17)23-9-3-5-15-6-7-16(20)13-18(15)21;/h6-7,13,17H,2-5,8-12,14H2,1H3,(H2,22,23,24);1H. The monoisotopic (exact) mass is 557 g/mol. The van der Waals surface area contributed by atoms with Gasteiger partial charge in [0.1, 0.15) is 5.82 Å². The van der Waals surface area contributed by atoms with E-state index in [4.69, 9.17) is 9.47 Å². The van der Waals surface area contributed by atoms with Crippen molar-refractivity contribution in [2.75, 3.05) is 39.5 Å². The molecule has 1 saturated heterocycles. The molecule has 1 aromatic rings. The highest BCUT2D eigenvalue weighted by Crippen LogP contribution is 2.16. The van der Waals surface area contributed by atoms with E-state index < -0.39 is 0 Å². The highest BCUT2D eigenvalue weighted by atomic mass is 127. The molecule has 1 aliphatic rings. The van der Waals surface area contributed by atoms with Crippen LogP contribution in [0, 0.1) is 5.82 Å². The van der Waals surface area contributed by atoms with Crippen LogP contribution in [0.15, 0.2) is 27.7 Å². The number of aliphatic imine (C=N–C) groups is 1. The van der Waals surface area contributed by atoms with Crippen molar-refractivity contribution in [2.45, 2.75) is 38.7 Å². The van der Waals surface area contributed by atoms with Gasteiger partial charge in [0.2, 0.25) is 0 Å². The Morgan fingerprint density at radius 2 is 2.22 bits per heavy atom. The number of rotatable bonds is 10. The van der Waals surface area contributed by atoms with E-state index >= 15 is 0 Å². The Morgan fingerprint density at radius 1 is 1.37 bits per heavy atom. The number of benzene rings is 1. The fourth-order valence-corrected chi connectivity index (χ4v) is 3.03. The summed E-state index contributed by atoms with van der Waals surface area (Å²) in [5.74, 6) is 0.633. The van der Waals surface area contributed by atoms with E-state index in [-0.39, 0.29) is 35.9 Å². The quantitative estimate of drug-likeness (QED) is 0.198. The molecule has 0 aromatic heterocycles. The van der Waals surface area contributed by atoms with Gasteiger partial charge in [0.15, 0.2) is 5.96 Å². The van der Waals surface area contributed by atoms with Gasteiger partial charge in [-0.15, -0.1) is 24.0 Å². The lowest BCUT2D eigenvalue weighted by molar-refractivity contribution is 0.0420. The van der Waals surface area contributed by atoms with Gasteiger partial charge in [0.05, 0.1) is 12.7 Å². The molecule has 1 aromatic carbocycles. The molecule has 1 heterocycles. The maximum absolute atomic E-state index is 13.8. The highest BCUT2D eigenvalue weighted by Gasteiger charge is 2.15. The molecule has 0 saturated carbocycles. The van der Waals surface area contributed by atoms with Crippen LogP contribution >= 0.6 is 39.9 Å². The molecular weight excluding hydrogens is 528 g/mol. The fraction of sp³-hybridized carbons (Fsp3) is 0.632. The molecule has 0 spiro atoms. The van der Waals surface area contributed by atoms with Crippen LogP contribution in [0.1, 0.15) is 31.7 Å². The van der Waals surface area contributed by atoms with Gasteiger partial charge < -0.3 is 20.1 Å². The second-order valence-corrected chi connectivity index (χ2v) is 7.15. The number of aryl methyl sites for hydroxylation is 1. The number of halogens is 3. The van der Waals surface area contributed by atoms with Gasteiger partial charge in [0.25, 0.3) is 0 Å². The summed E-state index contributed by atoms with van der Waals surface area (Å²) in [5.41, 5.74) is 0.731. The van der Waals surface area contributed by atoms with Gasteiger partial charge in [-0.05, 0) is 50.3 Å².